The lowest BCUT2D eigenvalue weighted by molar-refractivity contribution is -0.142. The number of hydrogen-bond acceptors (Lipinski definition) is 7. The Kier molecular flexibility index (Phi) is 6.96. The van der Waals surface area contributed by atoms with Gasteiger partial charge < -0.3 is 24.6 Å². The van der Waals surface area contributed by atoms with Gasteiger partial charge in [-0.25, -0.2) is 14.8 Å². The number of carboxylic acids is 1. The van der Waals surface area contributed by atoms with E-state index in [1.807, 2.05) is 54.6 Å². The molecule has 150 valence electrons. The van der Waals surface area contributed by atoms with E-state index in [0.717, 1.165) is 22.7 Å². The highest BCUT2D eigenvalue weighted by atomic mass is 16.5. The molecule has 2 aromatic carbocycles. The number of carbonyl (C=O) groups is 1. The molecule has 0 spiro atoms. The highest BCUT2D eigenvalue weighted by Gasteiger charge is 2.04. The normalized spacial score (nSPS) is 10.4. The molecule has 1 heterocycles. The molecule has 0 amide bonds. The summed E-state index contributed by atoms with van der Waals surface area (Å²) < 4.78 is 15.6. The van der Waals surface area contributed by atoms with E-state index in [9.17, 15) is 4.79 Å². The highest BCUT2D eigenvalue weighted by Crippen LogP contribution is 2.24. The first-order valence-corrected chi connectivity index (χ1v) is 8.90. The first kappa shape index (κ1) is 20.1. The van der Waals surface area contributed by atoms with Gasteiger partial charge >= 0.3 is 5.97 Å². The minimum atomic E-state index is -1.000. The SMILES string of the molecule is COc1ccc(Nc2cc(-c3ccc(OCCOCC(=O)O)cc3)ncn2)cc1. The number of nitrogens with zero attached hydrogens (tertiary/aromatic N) is 2. The summed E-state index contributed by atoms with van der Waals surface area (Å²) >= 11 is 0. The summed E-state index contributed by atoms with van der Waals surface area (Å²) in [6, 6.07) is 16.9. The van der Waals surface area contributed by atoms with Gasteiger partial charge in [-0.1, -0.05) is 0 Å². The minimum absolute atomic E-state index is 0.209. The van der Waals surface area contributed by atoms with Gasteiger partial charge in [0.2, 0.25) is 0 Å². The predicted octanol–water partition coefficient (Wildman–Crippen LogP) is 3.38. The molecule has 29 heavy (non-hydrogen) atoms. The van der Waals surface area contributed by atoms with E-state index in [1.54, 1.807) is 7.11 Å². The zero-order chi connectivity index (χ0) is 20.5. The van der Waals surface area contributed by atoms with Gasteiger partial charge in [-0.05, 0) is 48.5 Å². The summed E-state index contributed by atoms with van der Waals surface area (Å²) in [5, 5.41) is 11.7. The Balaban J connectivity index is 1.58. The summed E-state index contributed by atoms with van der Waals surface area (Å²) in [6.07, 6.45) is 1.51. The van der Waals surface area contributed by atoms with Crippen LogP contribution >= 0.6 is 0 Å². The van der Waals surface area contributed by atoms with Crippen molar-refractivity contribution in [2.75, 3.05) is 32.2 Å². The molecule has 2 N–H and O–H groups in total. The maximum Gasteiger partial charge on any atom is 0.329 e. The van der Waals surface area contributed by atoms with Crippen LogP contribution in [-0.2, 0) is 9.53 Å². The Morgan fingerprint density at radius 2 is 1.72 bits per heavy atom. The van der Waals surface area contributed by atoms with Gasteiger partial charge in [-0.3, -0.25) is 0 Å². The second kappa shape index (κ2) is 10.0. The summed E-state index contributed by atoms with van der Waals surface area (Å²) in [4.78, 5) is 19.0. The fourth-order valence-electron chi connectivity index (χ4n) is 2.51. The van der Waals surface area contributed by atoms with E-state index >= 15 is 0 Å². The Morgan fingerprint density at radius 3 is 2.41 bits per heavy atom. The molecule has 0 fully saturated rings. The quantitative estimate of drug-likeness (QED) is 0.504. The first-order valence-electron chi connectivity index (χ1n) is 8.90. The molecule has 3 rings (SSSR count). The van der Waals surface area contributed by atoms with Crippen LogP contribution in [0.1, 0.15) is 0 Å². The number of carboxylic acid groups (broad SMARTS) is 1. The second-order valence-electron chi connectivity index (χ2n) is 5.96. The highest BCUT2D eigenvalue weighted by molar-refractivity contribution is 5.68. The molecular formula is C21H21N3O5. The van der Waals surface area contributed by atoms with Crippen molar-refractivity contribution in [3.8, 4) is 22.8 Å². The summed E-state index contributed by atoms with van der Waals surface area (Å²) in [6.45, 7) is 0.152. The molecule has 3 aromatic rings. The number of methoxy groups -OCH3 is 1. The van der Waals surface area contributed by atoms with Crippen LogP contribution in [0, 0.1) is 0 Å². The molecule has 8 heteroatoms. The van der Waals surface area contributed by atoms with Crippen LogP contribution in [0.2, 0.25) is 0 Å². The average Bonchev–Trinajstić information content (AvgIpc) is 2.74. The molecule has 0 saturated carbocycles. The third-order valence-electron chi connectivity index (χ3n) is 3.90. The van der Waals surface area contributed by atoms with Crippen molar-refractivity contribution in [3.63, 3.8) is 0 Å². The van der Waals surface area contributed by atoms with E-state index in [1.165, 1.54) is 6.33 Å². The molecule has 0 aliphatic carbocycles. The van der Waals surface area contributed by atoms with Crippen molar-refractivity contribution in [2.45, 2.75) is 0 Å². The fourth-order valence-corrected chi connectivity index (χ4v) is 2.51. The maximum absolute atomic E-state index is 10.4. The van der Waals surface area contributed by atoms with Crippen molar-refractivity contribution >= 4 is 17.5 Å². The van der Waals surface area contributed by atoms with Crippen LogP contribution in [0.3, 0.4) is 0 Å². The first-order chi connectivity index (χ1) is 14.1. The Hall–Kier alpha value is -3.65. The molecule has 0 saturated heterocycles. The molecule has 0 atom stereocenters. The van der Waals surface area contributed by atoms with Crippen LogP contribution in [0.25, 0.3) is 11.3 Å². The standard InChI is InChI=1S/C21H21N3O5/c1-27-17-8-4-16(5-9-17)24-20-12-19(22-14-23-20)15-2-6-18(7-3-15)29-11-10-28-13-21(25)26/h2-9,12,14H,10-11,13H2,1H3,(H,25,26)(H,22,23,24). The molecule has 1 aromatic heterocycles. The molecule has 8 nitrogen and oxygen atoms in total. The van der Waals surface area contributed by atoms with Crippen LogP contribution < -0.4 is 14.8 Å². The number of rotatable bonds is 10. The van der Waals surface area contributed by atoms with E-state index in [4.69, 9.17) is 19.3 Å². The summed E-state index contributed by atoms with van der Waals surface area (Å²) in [5.74, 6) is 1.13. The Morgan fingerprint density at radius 1 is 1.00 bits per heavy atom. The van der Waals surface area contributed by atoms with Gasteiger partial charge in [-0.2, -0.15) is 0 Å². The number of ether oxygens (including phenoxy) is 3. The lowest BCUT2D eigenvalue weighted by atomic mass is 10.1. The van der Waals surface area contributed by atoms with Gasteiger partial charge in [0.05, 0.1) is 19.4 Å². The number of benzene rings is 2. The van der Waals surface area contributed by atoms with E-state index in [0.29, 0.717) is 11.6 Å². The summed E-state index contributed by atoms with van der Waals surface area (Å²) in [7, 11) is 1.63. The van der Waals surface area contributed by atoms with Crippen molar-refractivity contribution < 1.29 is 24.1 Å². The topological polar surface area (TPSA) is 103 Å². The van der Waals surface area contributed by atoms with Crippen molar-refractivity contribution in [1.29, 1.82) is 0 Å². The molecular weight excluding hydrogens is 374 g/mol. The number of aliphatic carboxylic acids is 1. The zero-order valence-electron chi connectivity index (χ0n) is 15.9. The monoisotopic (exact) mass is 395 g/mol. The fraction of sp³-hybridized carbons (Fsp3) is 0.190. The third kappa shape index (κ3) is 6.18. The van der Waals surface area contributed by atoms with Crippen LogP contribution in [0.4, 0.5) is 11.5 Å². The molecule has 0 aliphatic heterocycles. The van der Waals surface area contributed by atoms with Gasteiger partial charge in [-0.15, -0.1) is 0 Å². The largest absolute Gasteiger partial charge is 0.497 e. The predicted molar refractivity (Wildman–Crippen MR) is 108 cm³/mol. The molecule has 0 unspecified atom stereocenters. The van der Waals surface area contributed by atoms with E-state index in [-0.39, 0.29) is 19.8 Å². The summed E-state index contributed by atoms with van der Waals surface area (Å²) in [5.41, 5.74) is 2.58. The number of aromatic nitrogens is 2. The lowest BCUT2D eigenvalue weighted by Gasteiger charge is -2.09. The van der Waals surface area contributed by atoms with Crippen LogP contribution in [0.5, 0.6) is 11.5 Å². The smallest absolute Gasteiger partial charge is 0.329 e. The average molecular weight is 395 g/mol. The molecule has 0 bridgehead atoms. The Bertz CT molecular complexity index is 930. The maximum atomic E-state index is 10.4. The molecule has 0 radical (unpaired) electrons. The number of nitrogens with one attached hydrogen (secondary N) is 1. The van der Waals surface area contributed by atoms with Crippen LogP contribution in [-0.4, -0.2) is 48.0 Å². The van der Waals surface area contributed by atoms with Gasteiger partial charge in [0.1, 0.15) is 36.9 Å². The number of anilines is 2. The second-order valence-corrected chi connectivity index (χ2v) is 5.96. The van der Waals surface area contributed by atoms with E-state index in [2.05, 4.69) is 15.3 Å². The van der Waals surface area contributed by atoms with Gasteiger partial charge in [0, 0.05) is 17.3 Å². The van der Waals surface area contributed by atoms with Crippen molar-refractivity contribution in [2.24, 2.45) is 0 Å². The van der Waals surface area contributed by atoms with Crippen molar-refractivity contribution in [1.82, 2.24) is 9.97 Å². The van der Waals surface area contributed by atoms with E-state index < -0.39 is 5.97 Å². The Labute approximate surface area is 168 Å². The number of hydrogen-bond donors (Lipinski definition) is 2. The zero-order valence-corrected chi connectivity index (χ0v) is 15.9. The van der Waals surface area contributed by atoms with Gasteiger partial charge in [0.25, 0.3) is 0 Å². The molecule has 0 aliphatic rings. The van der Waals surface area contributed by atoms with Crippen LogP contribution in [0.15, 0.2) is 60.9 Å². The lowest BCUT2D eigenvalue weighted by Crippen LogP contribution is -2.12. The van der Waals surface area contributed by atoms with Gasteiger partial charge in [0.15, 0.2) is 0 Å². The minimum Gasteiger partial charge on any atom is -0.497 e. The van der Waals surface area contributed by atoms with Crippen molar-refractivity contribution in [3.05, 3.63) is 60.9 Å². The third-order valence-corrected chi connectivity index (χ3v) is 3.90.